The fraction of sp³-hybridized carbons (Fsp3) is 0.600. The van der Waals surface area contributed by atoms with Crippen LogP contribution in [0.5, 0.6) is 0 Å². The summed E-state index contributed by atoms with van der Waals surface area (Å²) in [5, 5.41) is 2.67. The van der Waals surface area contributed by atoms with Crippen LogP contribution in [0.15, 0.2) is 6.07 Å². The summed E-state index contributed by atoms with van der Waals surface area (Å²) in [6.45, 7) is 3.71. The summed E-state index contributed by atoms with van der Waals surface area (Å²) in [5.41, 5.74) is 9.42. The smallest absolute Gasteiger partial charge is 0.239 e. The van der Waals surface area contributed by atoms with Gasteiger partial charge in [0.25, 0.3) is 0 Å². The number of anilines is 1. The standard InChI is InChI=1S/C15H24N4O/c1-3-7-19(10-14(20)17-2)15-12(9-16)8-11-5-4-6-13(11)18-15/h8H,3-7,9-10,16H2,1-2H3,(H,17,20). The molecule has 1 heterocycles. The van der Waals surface area contributed by atoms with Gasteiger partial charge in [0.1, 0.15) is 5.82 Å². The van der Waals surface area contributed by atoms with Gasteiger partial charge in [0.05, 0.1) is 6.54 Å². The molecule has 0 spiro atoms. The number of carbonyl (C=O) groups is 1. The van der Waals surface area contributed by atoms with Crippen molar-refractivity contribution in [1.29, 1.82) is 0 Å². The molecule has 0 saturated carbocycles. The number of nitrogens with zero attached hydrogens (tertiary/aromatic N) is 2. The van der Waals surface area contributed by atoms with Crippen LogP contribution >= 0.6 is 0 Å². The lowest BCUT2D eigenvalue weighted by atomic mass is 10.1. The largest absolute Gasteiger partial charge is 0.358 e. The van der Waals surface area contributed by atoms with Crippen molar-refractivity contribution in [2.24, 2.45) is 5.73 Å². The summed E-state index contributed by atoms with van der Waals surface area (Å²) >= 11 is 0. The van der Waals surface area contributed by atoms with Crippen molar-refractivity contribution in [2.75, 3.05) is 25.0 Å². The second-order valence-corrected chi connectivity index (χ2v) is 5.23. The minimum absolute atomic E-state index is 0.00344. The number of nitrogens with two attached hydrogens (primary N) is 1. The van der Waals surface area contributed by atoms with Crippen LogP contribution in [0.3, 0.4) is 0 Å². The number of likely N-dealkylation sites (N-methyl/N-ethyl adjacent to an activating group) is 1. The van der Waals surface area contributed by atoms with Gasteiger partial charge in [-0.1, -0.05) is 6.92 Å². The van der Waals surface area contributed by atoms with Crippen LogP contribution in [0.2, 0.25) is 0 Å². The van der Waals surface area contributed by atoms with E-state index in [1.54, 1.807) is 7.05 Å². The Morgan fingerprint density at radius 2 is 2.30 bits per heavy atom. The number of carbonyl (C=O) groups excluding carboxylic acids is 1. The molecule has 0 bridgehead atoms. The zero-order chi connectivity index (χ0) is 14.5. The van der Waals surface area contributed by atoms with E-state index in [2.05, 4.69) is 18.3 Å². The molecular formula is C15H24N4O. The van der Waals surface area contributed by atoms with Crippen molar-refractivity contribution in [2.45, 2.75) is 39.2 Å². The first-order valence-corrected chi connectivity index (χ1v) is 7.36. The van der Waals surface area contributed by atoms with Gasteiger partial charge in [-0.15, -0.1) is 0 Å². The monoisotopic (exact) mass is 276 g/mol. The molecule has 0 aromatic carbocycles. The zero-order valence-electron chi connectivity index (χ0n) is 12.4. The summed E-state index contributed by atoms with van der Waals surface area (Å²) in [4.78, 5) is 18.5. The van der Waals surface area contributed by atoms with E-state index in [-0.39, 0.29) is 5.91 Å². The minimum Gasteiger partial charge on any atom is -0.358 e. The fourth-order valence-corrected chi connectivity index (χ4v) is 2.71. The highest BCUT2D eigenvalue weighted by Crippen LogP contribution is 2.27. The van der Waals surface area contributed by atoms with Gasteiger partial charge in [0.15, 0.2) is 0 Å². The van der Waals surface area contributed by atoms with E-state index in [1.807, 2.05) is 4.90 Å². The van der Waals surface area contributed by atoms with Crippen LogP contribution in [0.1, 0.15) is 36.6 Å². The Bertz CT molecular complexity index is 487. The molecule has 0 radical (unpaired) electrons. The number of amides is 1. The maximum atomic E-state index is 11.7. The van der Waals surface area contributed by atoms with Crippen LogP contribution < -0.4 is 16.0 Å². The number of hydrogen-bond donors (Lipinski definition) is 2. The third kappa shape index (κ3) is 3.10. The molecule has 3 N–H and O–H groups in total. The summed E-state index contributed by atoms with van der Waals surface area (Å²) < 4.78 is 0. The number of rotatable bonds is 6. The Hall–Kier alpha value is -1.62. The highest BCUT2D eigenvalue weighted by Gasteiger charge is 2.20. The van der Waals surface area contributed by atoms with Crippen LogP contribution in [-0.2, 0) is 24.2 Å². The molecule has 1 aromatic rings. The molecule has 0 unspecified atom stereocenters. The van der Waals surface area contributed by atoms with Gasteiger partial charge >= 0.3 is 0 Å². The maximum Gasteiger partial charge on any atom is 0.239 e. The van der Waals surface area contributed by atoms with E-state index < -0.39 is 0 Å². The van der Waals surface area contributed by atoms with Crippen LogP contribution in [0.4, 0.5) is 5.82 Å². The molecule has 1 aromatic heterocycles. The Balaban J connectivity index is 2.33. The molecule has 0 fully saturated rings. The minimum atomic E-state index is 0.00344. The highest BCUT2D eigenvalue weighted by atomic mass is 16.1. The van der Waals surface area contributed by atoms with Crippen LogP contribution in [-0.4, -0.2) is 31.0 Å². The first-order valence-electron chi connectivity index (χ1n) is 7.36. The normalized spacial score (nSPS) is 13.2. The van der Waals surface area contributed by atoms with E-state index in [0.717, 1.165) is 37.2 Å². The van der Waals surface area contributed by atoms with Gasteiger partial charge in [0.2, 0.25) is 5.91 Å². The molecule has 20 heavy (non-hydrogen) atoms. The predicted octanol–water partition coefficient (Wildman–Crippen LogP) is 0.991. The molecule has 2 rings (SSSR count). The highest BCUT2D eigenvalue weighted by molar-refractivity contribution is 5.81. The summed E-state index contributed by atoms with van der Waals surface area (Å²) in [6, 6.07) is 2.18. The molecule has 5 heteroatoms. The lowest BCUT2D eigenvalue weighted by Gasteiger charge is -2.25. The van der Waals surface area contributed by atoms with Gasteiger partial charge in [-0.25, -0.2) is 4.98 Å². The molecule has 110 valence electrons. The Labute approximate surface area is 120 Å². The van der Waals surface area contributed by atoms with Gasteiger partial charge < -0.3 is 16.0 Å². The van der Waals surface area contributed by atoms with E-state index >= 15 is 0 Å². The summed E-state index contributed by atoms with van der Waals surface area (Å²) in [5.74, 6) is 0.891. The third-order valence-corrected chi connectivity index (χ3v) is 3.73. The van der Waals surface area contributed by atoms with Gasteiger partial charge in [-0.2, -0.15) is 0 Å². The van der Waals surface area contributed by atoms with Gasteiger partial charge in [-0.3, -0.25) is 4.79 Å². The second-order valence-electron chi connectivity index (χ2n) is 5.23. The molecule has 5 nitrogen and oxygen atoms in total. The summed E-state index contributed by atoms with van der Waals surface area (Å²) in [6.07, 6.45) is 4.27. The number of pyridine rings is 1. The molecule has 1 amide bonds. The van der Waals surface area contributed by atoms with E-state index in [1.165, 1.54) is 17.7 Å². The lowest BCUT2D eigenvalue weighted by Crippen LogP contribution is -2.37. The average Bonchev–Trinajstić information content (AvgIpc) is 2.92. The number of nitrogens with one attached hydrogen (secondary N) is 1. The Morgan fingerprint density at radius 1 is 1.50 bits per heavy atom. The van der Waals surface area contributed by atoms with E-state index in [4.69, 9.17) is 10.7 Å². The van der Waals surface area contributed by atoms with E-state index in [0.29, 0.717) is 13.1 Å². The number of aromatic nitrogens is 1. The fourth-order valence-electron chi connectivity index (χ4n) is 2.71. The van der Waals surface area contributed by atoms with Gasteiger partial charge in [-0.05, 0) is 37.3 Å². The molecular weight excluding hydrogens is 252 g/mol. The molecule has 0 saturated heterocycles. The number of aryl methyl sites for hydroxylation is 2. The van der Waals surface area contributed by atoms with Crippen molar-refractivity contribution in [3.05, 3.63) is 22.9 Å². The first kappa shape index (κ1) is 14.8. The van der Waals surface area contributed by atoms with E-state index in [9.17, 15) is 4.79 Å². The SMILES string of the molecule is CCCN(CC(=O)NC)c1nc2c(cc1CN)CCC2. The first-order chi connectivity index (χ1) is 9.69. The van der Waals surface area contributed by atoms with Crippen molar-refractivity contribution in [3.63, 3.8) is 0 Å². The van der Waals surface area contributed by atoms with Crippen molar-refractivity contribution in [3.8, 4) is 0 Å². The molecule has 1 aliphatic rings. The molecule has 0 aliphatic heterocycles. The Morgan fingerprint density at radius 3 is 2.95 bits per heavy atom. The van der Waals surface area contributed by atoms with Crippen LogP contribution in [0.25, 0.3) is 0 Å². The molecule has 1 aliphatic carbocycles. The quantitative estimate of drug-likeness (QED) is 0.813. The average molecular weight is 276 g/mol. The molecule has 0 atom stereocenters. The van der Waals surface area contributed by atoms with Crippen molar-refractivity contribution in [1.82, 2.24) is 10.3 Å². The second kappa shape index (κ2) is 6.70. The Kier molecular flexibility index (Phi) is 4.95. The predicted molar refractivity (Wildman–Crippen MR) is 80.7 cm³/mol. The summed E-state index contributed by atoms with van der Waals surface area (Å²) in [7, 11) is 1.66. The third-order valence-electron chi connectivity index (χ3n) is 3.73. The van der Waals surface area contributed by atoms with Crippen molar-refractivity contribution < 1.29 is 4.79 Å². The van der Waals surface area contributed by atoms with Crippen LogP contribution in [0, 0.1) is 0 Å². The maximum absolute atomic E-state index is 11.7. The zero-order valence-corrected chi connectivity index (χ0v) is 12.4. The topological polar surface area (TPSA) is 71.2 Å². The number of fused-ring (bicyclic) bond motifs is 1. The van der Waals surface area contributed by atoms with Crippen molar-refractivity contribution >= 4 is 11.7 Å². The van der Waals surface area contributed by atoms with Gasteiger partial charge in [0, 0.05) is 31.4 Å². The lowest BCUT2D eigenvalue weighted by molar-refractivity contribution is -0.119. The number of hydrogen-bond acceptors (Lipinski definition) is 4.